The maximum atomic E-state index is 11.9. The first-order valence-electron chi connectivity index (χ1n) is 6.23. The van der Waals surface area contributed by atoms with E-state index >= 15 is 0 Å². The lowest BCUT2D eigenvalue weighted by Crippen LogP contribution is -2.48. The van der Waals surface area contributed by atoms with Crippen LogP contribution in [-0.4, -0.2) is 61.0 Å². The molecule has 0 spiro atoms. The van der Waals surface area contributed by atoms with Gasteiger partial charge in [-0.05, 0) is 40.8 Å². The predicted octanol–water partition coefficient (Wildman–Crippen LogP) is 0.537. The van der Waals surface area contributed by atoms with Crippen molar-refractivity contribution in [3.63, 3.8) is 0 Å². The molecule has 4 heteroatoms. The normalized spacial score (nSPS) is 21.8. The Morgan fingerprint density at radius 1 is 1.12 bits per heavy atom. The summed E-state index contributed by atoms with van der Waals surface area (Å²) in [6, 6.07) is 0.221. The highest BCUT2D eigenvalue weighted by atomic mass is 16.2. The van der Waals surface area contributed by atoms with E-state index in [1.807, 2.05) is 20.8 Å². The van der Waals surface area contributed by atoms with Crippen LogP contribution in [0.1, 0.15) is 27.2 Å². The molecule has 0 radical (unpaired) electrons. The third-order valence-electron chi connectivity index (χ3n) is 3.11. The van der Waals surface area contributed by atoms with Gasteiger partial charge in [-0.25, -0.2) is 0 Å². The summed E-state index contributed by atoms with van der Waals surface area (Å²) in [7, 11) is 2.14. The fraction of sp³-hybridized carbons (Fsp3) is 0.917. The first kappa shape index (κ1) is 13.5. The monoisotopic (exact) mass is 227 g/mol. The Hall–Kier alpha value is -0.610. The highest BCUT2D eigenvalue weighted by Crippen LogP contribution is 2.06. The molecular weight excluding hydrogens is 202 g/mol. The third-order valence-corrected chi connectivity index (χ3v) is 3.11. The van der Waals surface area contributed by atoms with Crippen molar-refractivity contribution >= 4 is 5.91 Å². The molecule has 0 aromatic heterocycles. The molecule has 1 unspecified atom stereocenters. The van der Waals surface area contributed by atoms with Crippen LogP contribution < -0.4 is 5.32 Å². The van der Waals surface area contributed by atoms with Gasteiger partial charge in [0.05, 0.1) is 6.04 Å². The molecule has 0 bridgehead atoms. The summed E-state index contributed by atoms with van der Waals surface area (Å²) in [6.45, 7) is 10.2. The molecule has 1 fully saturated rings. The van der Waals surface area contributed by atoms with Crippen LogP contribution in [-0.2, 0) is 4.79 Å². The van der Waals surface area contributed by atoms with Crippen LogP contribution in [0.4, 0.5) is 0 Å². The van der Waals surface area contributed by atoms with E-state index < -0.39 is 0 Å². The summed E-state index contributed by atoms with van der Waals surface area (Å²) in [5.41, 5.74) is 0. The maximum Gasteiger partial charge on any atom is 0.237 e. The van der Waals surface area contributed by atoms with Crippen molar-refractivity contribution in [3.8, 4) is 0 Å². The molecular formula is C12H25N3O. The molecule has 1 amide bonds. The van der Waals surface area contributed by atoms with Gasteiger partial charge in [0.2, 0.25) is 5.91 Å². The number of rotatable bonds is 3. The molecule has 94 valence electrons. The van der Waals surface area contributed by atoms with Gasteiger partial charge in [-0.2, -0.15) is 0 Å². The molecule has 16 heavy (non-hydrogen) atoms. The number of hydrogen-bond donors (Lipinski definition) is 1. The number of carbonyl (C=O) groups is 1. The number of carbonyl (C=O) groups excluding carboxylic acids is 1. The summed E-state index contributed by atoms with van der Waals surface area (Å²) in [5.74, 6) is 0.152. The van der Waals surface area contributed by atoms with Crippen LogP contribution >= 0.6 is 0 Å². The van der Waals surface area contributed by atoms with E-state index in [0.717, 1.165) is 32.6 Å². The minimum Gasteiger partial charge on any atom is -0.353 e. The molecule has 1 saturated heterocycles. The first-order valence-corrected chi connectivity index (χ1v) is 6.23. The molecule has 4 nitrogen and oxygen atoms in total. The van der Waals surface area contributed by atoms with Gasteiger partial charge in [0.25, 0.3) is 0 Å². The summed E-state index contributed by atoms with van der Waals surface area (Å²) in [5, 5.41) is 2.98. The zero-order valence-electron chi connectivity index (χ0n) is 11.0. The largest absolute Gasteiger partial charge is 0.353 e. The Morgan fingerprint density at radius 3 is 2.44 bits per heavy atom. The number of nitrogens with one attached hydrogen (secondary N) is 1. The van der Waals surface area contributed by atoms with Gasteiger partial charge in [-0.15, -0.1) is 0 Å². The Balaban J connectivity index is 2.45. The maximum absolute atomic E-state index is 11.9. The molecule has 0 aromatic carbocycles. The highest BCUT2D eigenvalue weighted by molar-refractivity contribution is 5.81. The summed E-state index contributed by atoms with van der Waals surface area (Å²) < 4.78 is 0. The summed E-state index contributed by atoms with van der Waals surface area (Å²) in [4.78, 5) is 16.5. The zero-order chi connectivity index (χ0) is 12.1. The Morgan fingerprint density at radius 2 is 1.81 bits per heavy atom. The lowest BCUT2D eigenvalue weighted by Gasteiger charge is -2.27. The number of hydrogen-bond acceptors (Lipinski definition) is 3. The molecule has 1 aliphatic rings. The Bertz CT molecular complexity index is 230. The third kappa shape index (κ3) is 4.10. The number of likely N-dealkylation sites (N-methyl/N-ethyl adjacent to an activating group) is 1. The lowest BCUT2D eigenvalue weighted by atomic mass is 10.2. The molecule has 0 aromatic rings. The van der Waals surface area contributed by atoms with Crippen molar-refractivity contribution in [2.75, 3.05) is 33.2 Å². The van der Waals surface area contributed by atoms with Crippen LogP contribution in [0.25, 0.3) is 0 Å². The van der Waals surface area contributed by atoms with Crippen molar-refractivity contribution in [2.24, 2.45) is 0 Å². The van der Waals surface area contributed by atoms with E-state index in [4.69, 9.17) is 0 Å². The number of amides is 1. The minimum atomic E-state index is -0.00565. The Labute approximate surface area is 99.0 Å². The number of nitrogens with zero attached hydrogens (tertiary/aromatic N) is 2. The van der Waals surface area contributed by atoms with Crippen LogP contribution in [0, 0.1) is 0 Å². The molecule has 1 heterocycles. The van der Waals surface area contributed by atoms with Crippen molar-refractivity contribution < 1.29 is 4.79 Å². The molecule has 1 atom stereocenters. The second kappa shape index (κ2) is 6.21. The summed E-state index contributed by atoms with van der Waals surface area (Å²) in [6.07, 6.45) is 1.15. The smallest absolute Gasteiger partial charge is 0.237 e. The van der Waals surface area contributed by atoms with Crippen molar-refractivity contribution in [1.82, 2.24) is 15.1 Å². The Kier molecular flexibility index (Phi) is 5.22. The van der Waals surface area contributed by atoms with Gasteiger partial charge in [0.1, 0.15) is 0 Å². The van der Waals surface area contributed by atoms with Gasteiger partial charge in [0.15, 0.2) is 0 Å². The van der Waals surface area contributed by atoms with Gasteiger partial charge < -0.3 is 10.2 Å². The second-order valence-corrected chi connectivity index (χ2v) is 5.03. The predicted molar refractivity (Wildman–Crippen MR) is 66.4 cm³/mol. The van der Waals surface area contributed by atoms with Gasteiger partial charge in [-0.3, -0.25) is 9.69 Å². The van der Waals surface area contributed by atoms with Crippen LogP contribution in [0.5, 0.6) is 0 Å². The minimum absolute atomic E-state index is 0.00565. The molecule has 1 aliphatic heterocycles. The van der Waals surface area contributed by atoms with Gasteiger partial charge in [-0.1, -0.05) is 0 Å². The molecule has 1 rings (SSSR count). The van der Waals surface area contributed by atoms with Crippen LogP contribution in [0.2, 0.25) is 0 Å². The van der Waals surface area contributed by atoms with Crippen molar-refractivity contribution in [2.45, 2.75) is 39.3 Å². The standard InChI is InChI=1S/C12H25N3O/c1-10(2)13-12(16)11(3)15-7-5-6-14(4)8-9-15/h10-11H,5-9H2,1-4H3,(H,13,16). The van der Waals surface area contributed by atoms with Gasteiger partial charge >= 0.3 is 0 Å². The lowest BCUT2D eigenvalue weighted by molar-refractivity contribution is -0.126. The molecule has 0 aliphatic carbocycles. The van der Waals surface area contributed by atoms with Crippen LogP contribution in [0.3, 0.4) is 0 Å². The topological polar surface area (TPSA) is 35.6 Å². The van der Waals surface area contributed by atoms with E-state index in [2.05, 4.69) is 22.2 Å². The first-order chi connectivity index (χ1) is 7.50. The van der Waals surface area contributed by atoms with Crippen molar-refractivity contribution in [1.29, 1.82) is 0 Å². The van der Waals surface area contributed by atoms with E-state index in [-0.39, 0.29) is 18.0 Å². The quantitative estimate of drug-likeness (QED) is 0.764. The van der Waals surface area contributed by atoms with Crippen molar-refractivity contribution in [3.05, 3.63) is 0 Å². The molecule has 0 saturated carbocycles. The van der Waals surface area contributed by atoms with E-state index in [1.54, 1.807) is 0 Å². The van der Waals surface area contributed by atoms with E-state index in [0.29, 0.717) is 0 Å². The average Bonchev–Trinajstić information content (AvgIpc) is 2.41. The second-order valence-electron chi connectivity index (χ2n) is 5.03. The molecule has 1 N–H and O–H groups in total. The highest BCUT2D eigenvalue weighted by Gasteiger charge is 2.23. The van der Waals surface area contributed by atoms with Gasteiger partial charge in [0, 0.05) is 25.7 Å². The fourth-order valence-corrected chi connectivity index (χ4v) is 2.02. The summed E-state index contributed by atoms with van der Waals surface area (Å²) >= 11 is 0. The van der Waals surface area contributed by atoms with E-state index in [1.165, 1.54) is 0 Å². The SMILES string of the molecule is CC(C)NC(=O)C(C)N1CCCN(C)CC1. The van der Waals surface area contributed by atoms with Crippen LogP contribution in [0.15, 0.2) is 0 Å². The average molecular weight is 227 g/mol. The van der Waals surface area contributed by atoms with E-state index in [9.17, 15) is 4.79 Å². The zero-order valence-corrected chi connectivity index (χ0v) is 11.0. The fourth-order valence-electron chi connectivity index (χ4n) is 2.02.